The van der Waals surface area contributed by atoms with Crippen molar-refractivity contribution in [2.24, 2.45) is 0 Å². The highest BCUT2D eigenvalue weighted by molar-refractivity contribution is 6.31. The normalized spacial score (nSPS) is 11.5. The summed E-state index contributed by atoms with van der Waals surface area (Å²) in [7, 11) is 0. The van der Waals surface area contributed by atoms with Crippen molar-refractivity contribution < 1.29 is 28.6 Å². The minimum atomic E-state index is -0.872. The number of carboxylic acids is 1. The Morgan fingerprint density at radius 3 is 2.17 bits per heavy atom. The fourth-order valence-electron chi connectivity index (χ4n) is 3.78. The van der Waals surface area contributed by atoms with Crippen LogP contribution in [0, 0.1) is 5.82 Å². The summed E-state index contributed by atoms with van der Waals surface area (Å²) >= 11 is 5.98. The van der Waals surface area contributed by atoms with E-state index in [0.29, 0.717) is 22.3 Å². The highest BCUT2D eigenvalue weighted by atomic mass is 35.5. The van der Waals surface area contributed by atoms with Crippen molar-refractivity contribution in [1.82, 2.24) is 4.57 Å². The maximum Gasteiger partial charge on any atom is 0.419 e. The molecular weight excluding hydrogens is 485 g/mol. The van der Waals surface area contributed by atoms with Crippen LogP contribution in [0.2, 0.25) is 5.02 Å². The highest BCUT2D eigenvalue weighted by Crippen LogP contribution is 2.29. The molecule has 1 aromatic heterocycles. The number of carbonyl (C=O) groups excluding carboxylic acids is 1. The second-order valence-electron chi connectivity index (χ2n) is 9.36. The van der Waals surface area contributed by atoms with E-state index >= 15 is 0 Å². The van der Waals surface area contributed by atoms with E-state index in [2.05, 4.69) is 0 Å². The van der Waals surface area contributed by atoms with Gasteiger partial charge in [0.05, 0.1) is 22.7 Å². The summed E-state index contributed by atoms with van der Waals surface area (Å²) in [5, 5.41) is 9.33. The fourth-order valence-corrected chi connectivity index (χ4v) is 3.94. The van der Waals surface area contributed by atoms with Crippen molar-refractivity contribution in [3.05, 3.63) is 88.8 Å². The van der Waals surface area contributed by atoms with Crippen LogP contribution >= 0.6 is 11.6 Å². The quantitative estimate of drug-likeness (QED) is 0.300. The van der Waals surface area contributed by atoms with E-state index in [1.165, 1.54) is 16.7 Å². The van der Waals surface area contributed by atoms with Crippen LogP contribution in [0.5, 0.6) is 5.75 Å². The van der Waals surface area contributed by atoms with Crippen LogP contribution in [-0.4, -0.2) is 27.3 Å². The Morgan fingerprint density at radius 1 is 0.972 bits per heavy atom. The first-order chi connectivity index (χ1) is 17.0. The number of aliphatic carboxylic acids is 1. The second-order valence-corrected chi connectivity index (χ2v) is 9.76. The predicted molar refractivity (Wildman–Crippen MR) is 136 cm³/mol. The Kier molecular flexibility index (Phi) is 7.04. The van der Waals surface area contributed by atoms with Gasteiger partial charge in [-0.25, -0.2) is 13.8 Å². The van der Waals surface area contributed by atoms with Crippen LogP contribution in [-0.2, 0) is 22.6 Å². The van der Waals surface area contributed by atoms with Crippen molar-refractivity contribution in [3.8, 4) is 16.9 Å². The summed E-state index contributed by atoms with van der Waals surface area (Å²) in [4.78, 5) is 23.8. The number of benzene rings is 3. The molecule has 0 aliphatic carbocycles. The van der Waals surface area contributed by atoms with Crippen molar-refractivity contribution >= 4 is 34.6 Å². The van der Waals surface area contributed by atoms with Crippen LogP contribution in [0.15, 0.2) is 66.7 Å². The van der Waals surface area contributed by atoms with E-state index in [4.69, 9.17) is 26.2 Å². The molecule has 1 N–H and O–H groups in total. The van der Waals surface area contributed by atoms with Crippen LogP contribution in [0.4, 0.5) is 9.18 Å². The van der Waals surface area contributed by atoms with Crippen molar-refractivity contribution in [2.75, 3.05) is 0 Å². The molecule has 0 unspecified atom stereocenters. The molecule has 0 amide bonds. The monoisotopic (exact) mass is 509 g/mol. The molecule has 36 heavy (non-hydrogen) atoms. The molecule has 0 saturated heterocycles. The van der Waals surface area contributed by atoms with E-state index < -0.39 is 23.5 Å². The highest BCUT2D eigenvalue weighted by Gasteiger charge is 2.23. The number of carboxylic acid groups (broad SMARTS) is 1. The number of rotatable bonds is 6. The predicted octanol–water partition coefficient (Wildman–Crippen LogP) is 7.09. The van der Waals surface area contributed by atoms with Crippen molar-refractivity contribution in [2.45, 2.75) is 39.4 Å². The maximum absolute atomic E-state index is 14.1. The molecule has 0 aliphatic rings. The molecule has 6 nitrogen and oxygen atoms in total. The summed E-state index contributed by atoms with van der Waals surface area (Å²) < 4.78 is 26.9. The summed E-state index contributed by atoms with van der Waals surface area (Å²) in [5.41, 5.74) is 2.80. The van der Waals surface area contributed by atoms with Crippen molar-refractivity contribution in [3.63, 3.8) is 0 Å². The van der Waals surface area contributed by atoms with E-state index in [1.807, 2.05) is 24.3 Å². The Bertz CT molecular complexity index is 1420. The lowest BCUT2D eigenvalue weighted by molar-refractivity contribution is -0.136. The van der Waals surface area contributed by atoms with Gasteiger partial charge in [0.25, 0.3) is 0 Å². The lowest BCUT2D eigenvalue weighted by Crippen LogP contribution is -2.28. The van der Waals surface area contributed by atoms with Crippen LogP contribution in [0.25, 0.3) is 22.0 Å². The summed E-state index contributed by atoms with van der Waals surface area (Å²) in [5.74, 6) is -0.876. The molecular formula is C28H25ClFNO5. The third-order valence-corrected chi connectivity index (χ3v) is 5.67. The number of nitrogens with zero attached hydrogens (tertiary/aromatic N) is 1. The van der Waals surface area contributed by atoms with Gasteiger partial charge in [-0.05, 0) is 67.8 Å². The van der Waals surface area contributed by atoms with E-state index in [-0.39, 0.29) is 18.1 Å². The average Bonchev–Trinajstić information content (AvgIpc) is 3.14. The first kappa shape index (κ1) is 25.3. The summed E-state index contributed by atoms with van der Waals surface area (Å²) in [6.45, 7) is 5.33. The van der Waals surface area contributed by atoms with Gasteiger partial charge in [0.1, 0.15) is 23.8 Å². The zero-order chi connectivity index (χ0) is 26.0. The van der Waals surface area contributed by atoms with Crippen LogP contribution in [0.3, 0.4) is 0 Å². The van der Waals surface area contributed by atoms with Crippen molar-refractivity contribution in [1.29, 1.82) is 0 Å². The SMILES string of the molecule is CC(C)(C)OC(=O)n1c(COc2ccc(-c3ccc(CC(=O)O)cc3)cc2)cc2cc(F)c(Cl)cc21. The molecule has 0 fully saturated rings. The molecule has 4 aromatic rings. The summed E-state index contributed by atoms with van der Waals surface area (Å²) in [6, 6.07) is 19.1. The van der Waals surface area contributed by atoms with Gasteiger partial charge in [-0.1, -0.05) is 48.0 Å². The first-order valence-corrected chi connectivity index (χ1v) is 11.6. The van der Waals surface area contributed by atoms with Gasteiger partial charge in [-0.2, -0.15) is 0 Å². The standard InChI is InChI=1S/C28H25ClFNO5/c1-28(2,3)36-27(34)31-21(13-20-14-24(30)23(29)15-25(20)31)16-35-22-10-8-19(9-11-22)18-6-4-17(5-7-18)12-26(32)33/h4-11,13-15H,12,16H2,1-3H3,(H,32,33). The number of aromatic nitrogens is 1. The van der Waals surface area contributed by atoms with Gasteiger partial charge < -0.3 is 14.6 Å². The third-order valence-electron chi connectivity index (χ3n) is 5.38. The van der Waals surface area contributed by atoms with E-state index in [0.717, 1.165) is 16.7 Å². The largest absolute Gasteiger partial charge is 0.487 e. The molecule has 0 atom stereocenters. The first-order valence-electron chi connectivity index (χ1n) is 11.3. The smallest absolute Gasteiger partial charge is 0.419 e. The maximum atomic E-state index is 14.1. The van der Waals surface area contributed by atoms with E-state index in [9.17, 15) is 14.0 Å². The molecule has 4 rings (SSSR count). The second kappa shape index (κ2) is 10.0. The van der Waals surface area contributed by atoms with E-state index in [1.54, 1.807) is 51.1 Å². The zero-order valence-electron chi connectivity index (χ0n) is 20.0. The molecule has 3 aromatic carbocycles. The summed E-state index contributed by atoms with van der Waals surface area (Å²) in [6.07, 6.45) is -0.633. The van der Waals surface area contributed by atoms with Gasteiger partial charge in [0, 0.05) is 5.39 Å². The number of fused-ring (bicyclic) bond motifs is 1. The molecule has 0 spiro atoms. The molecule has 0 aliphatic heterocycles. The lowest BCUT2D eigenvalue weighted by Gasteiger charge is -2.21. The van der Waals surface area contributed by atoms with Gasteiger partial charge >= 0.3 is 12.1 Å². The number of hydrogen-bond acceptors (Lipinski definition) is 4. The van der Waals surface area contributed by atoms with Gasteiger partial charge in [0.2, 0.25) is 0 Å². The lowest BCUT2D eigenvalue weighted by atomic mass is 10.0. The fraction of sp³-hybridized carbons (Fsp3) is 0.214. The molecule has 0 saturated carbocycles. The number of ether oxygens (including phenoxy) is 2. The topological polar surface area (TPSA) is 77.8 Å². The van der Waals surface area contributed by atoms with Gasteiger partial charge in [-0.15, -0.1) is 0 Å². The Labute approximate surface area is 212 Å². The molecule has 0 radical (unpaired) electrons. The molecule has 186 valence electrons. The Balaban J connectivity index is 1.55. The zero-order valence-corrected chi connectivity index (χ0v) is 20.8. The third kappa shape index (κ3) is 5.86. The molecule has 1 heterocycles. The van der Waals surface area contributed by atoms with Crippen LogP contribution in [0.1, 0.15) is 32.0 Å². The Morgan fingerprint density at radius 2 is 1.58 bits per heavy atom. The number of halogens is 2. The van der Waals surface area contributed by atoms with Gasteiger partial charge in [-0.3, -0.25) is 4.79 Å². The average molecular weight is 510 g/mol. The Hall–Kier alpha value is -3.84. The number of hydrogen-bond donors (Lipinski definition) is 1. The minimum absolute atomic E-state index is 0.0219. The molecule has 8 heteroatoms. The molecule has 0 bridgehead atoms. The van der Waals surface area contributed by atoms with Crippen LogP contribution < -0.4 is 4.74 Å². The number of carbonyl (C=O) groups is 2. The minimum Gasteiger partial charge on any atom is -0.487 e. The van der Waals surface area contributed by atoms with Gasteiger partial charge in [0.15, 0.2) is 0 Å².